The quantitative estimate of drug-likeness (QED) is 0.897. The summed E-state index contributed by atoms with van der Waals surface area (Å²) >= 11 is 5.26. The smallest absolute Gasteiger partial charge is 0.0701 e. The van der Waals surface area contributed by atoms with Crippen LogP contribution in [0.25, 0.3) is 0 Å². The monoisotopic (exact) mass is 290 g/mol. The van der Waals surface area contributed by atoms with E-state index in [1.165, 1.54) is 8.66 Å². The lowest BCUT2D eigenvalue weighted by atomic mass is 10.0. The second-order valence-electron chi connectivity index (χ2n) is 4.52. The van der Waals surface area contributed by atoms with E-state index in [1.54, 1.807) is 11.3 Å². The van der Waals surface area contributed by atoms with Gasteiger partial charge in [-0.1, -0.05) is 0 Å². The second kappa shape index (κ2) is 5.43. The predicted octanol–water partition coefficient (Wildman–Crippen LogP) is 2.94. The third-order valence-corrected chi connectivity index (χ3v) is 4.32. The molecule has 1 aromatic rings. The maximum atomic E-state index is 3.48. The topological polar surface area (TPSA) is 15.3 Å². The molecule has 0 atom stereocenters. The molecule has 0 amide bonds. The predicted molar refractivity (Wildman–Crippen MR) is 71.5 cm³/mol. The third kappa shape index (κ3) is 4.23. The van der Waals surface area contributed by atoms with Crippen molar-refractivity contribution in [1.29, 1.82) is 0 Å². The summed E-state index contributed by atoms with van der Waals surface area (Å²) in [5, 5.41) is 3.48. The number of thiophene rings is 1. The Kier molecular flexibility index (Phi) is 4.77. The van der Waals surface area contributed by atoms with Crippen LogP contribution in [0.4, 0.5) is 0 Å². The number of hydrogen-bond acceptors (Lipinski definition) is 3. The third-order valence-electron chi connectivity index (χ3n) is 2.70. The van der Waals surface area contributed by atoms with Gasteiger partial charge in [-0.25, -0.2) is 0 Å². The molecule has 1 rings (SSSR count). The van der Waals surface area contributed by atoms with Crippen LogP contribution in [-0.2, 0) is 6.54 Å². The average Bonchev–Trinajstić information content (AvgIpc) is 2.51. The highest BCUT2D eigenvalue weighted by molar-refractivity contribution is 9.11. The van der Waals surface area contributed by atoms with E-state index >= 15 is 0 Å². The minimum atomic E-state index is 0.203. The van der Waals surface area contributed by atoms with E-state index in [4.69, 9.17) is 0 Å². The molecule has 0 radical (unpaired) electrons. The molecule has 0 aliphatic carbocycles. The number of nitrogens with zero attached hydrogens (tertiary/aromatic N) is 1. The van der Waals surface area contributed by atoms with E-state index in [-0.39, 0.29) is 5.54 Å². The van der Waals surface area contributed by atoms with Gasteiger partial charge in [0.25, 0.3) is 0 Å². The lowest BCUT2D eigenvalue weighted by molar-refractivity contribution is 0.190. The van der Waals surface area contributed by atoms with Gasteiger partial charge >= 0.3 is 0 Å². The lowest BCUT2D eigenvalue weighted by Crippen LogP contribution is -2.46. The molecule has 1 heterocycles. The minimum Gasteiger partial charge on any atom is -0.310 e. The van der Waals surface area contributed by atoms with E-state index in [0.29, 0.717) is 0 Å². The maximum absolute atomic E-state index is 3.48. The van der Waals surface area contributed by atoms with Crippen LogP contribution in [-0.4, -0.2) is 31.1 Å². The first-order valence-electron chi connectivity index (χ1n) is 5.04. The molecule has 0 spiro atoms. The van der Waals surface area contributed by atoms with Crippen molar-refractivity contribution in [3.63, 3.8) is 0 Å². The molecule has 0 bridgehead atoms. The highest BCUT2D eigenvalue weighted by Gasteiger charge is 2.19. The maximum Gasteiger partial charge on any atom is 0.0701 e. The van der Waals surface area contributed by atoms with E-state index in [9.17, 15) is 0 Å². The Morgan fingerprint density at radius 1 is 1.40 bits per heavy atom. The molecule has 15 heavy (non-hydrogen) atoms. The lowest BCUT2D eigenvalue weighted by Gasteiger charge is -2.32. The van der Waals surface area contributed by atoms with Crippen LogP contribution < -0.4 is 5.32 Å². The van der Waals surface area contributed by atoms with Gasteiger partial charge in [-0.3, -0.25) is 0 Å². The summed E-state index contributed by atoms with van der Waals surface area (Å²) in [7, 11) is 4.23. The summed E-state index contributed by atoms with van der Waals surface area (Å²) in [6.45, 7) is 6.43. The van der Waals surface area contributed by atoms with Gasteiger partial charge in [-0.15, -0.1) is 11.3 Å². The normalized spacial score (nSPS) is 12.4. The summed E-state index contributed by atoms with van der Waals surface area (Å²) in [5.74, 6) is 0. The number of halogens is 1. The molecule has 0 aliphatic rings. The van der Waals surface area contributed by atoms with Crippen LogP contribution in [0, 0.1) is 0 Å². The number of nitrogens with one attached hydrogen (secondary N) is 1. The second-order valence-corrected chi connectivity index (χ2v) is 7.06. The zero-order valence-electron chi connectivity index (χ0n) is 9.80. The van der Waals surface area contributed by atoms with Crippen molar-refractivity contribution in [3.8, 4) is 0 Å². The Morgan fingerprint density at radius 3 is 2.53 bits per heavy atom. The Bertz CT molecular complexity index is 307. The summed E-state index contributed by atoms with van der Waals surface area (Å²) < 4.78 is 1.20. The zero-order chi connectivity index (χ0) is 11.5. The number of hydrogen-bond donors (Lipinski definition) is 1. The molecule has 0 saturated carbocycles. The molecule has 0 unspecified atom stereocenters. The Hall–Kier alpha value is 0.1000. The first-order valence-corrected chi connectivity index (χ1v) is 6.65. The Balaban J connectivity index is 2.33. The summed E-state index contributed by atoms with van der Waals surface area (Å²) in [4.78, 5) is 3.61. The molecule has 0 aromatic carbocycles. The highest BCUT2D eigenvalue weighted by Crippen LogP contribution is 2.21. The van der Waals surface area contributed by atoms with Gasteiger partial charge in [0.15, 0.2) is 0 Å². The van der Waals surface area contributed by atoms with E-state index in [0.717, 1.165) is 13.1 Å². The van der Waals surface area contributed by atoms with Crippen LogP contribution in [0.15, 0.2) is 15.9 Å². The molecule has 0 fully saturated rings. The van der Waals surface area contributed by atoms with Crippen molar-refractivity contribution in [2.45, 2.75) is 25.9 Å². The average molecular weight is 291 g/mol. The SMILES string of the molecule is CN(C)C(C)(C)CNCc1ccc(Br)s1. The van der Waals surface area contributed by atoms with E-state index < -0.39 is 0 Å². The Labute approximate surface area is 105 Å². The summed E-state index contributed by atoms with van der Waals surface area (Å²) in [6.07, 6.45) is 0. The van der Waals surface area contributed by atoms with Gasteiger partial charge in [-0.2, -0.15) is 0 Å². The molecular formula is C11H19BrN2S. The molecule has 1 aromatic heterocycles. The minimum absolute atomic E-state index is 0.203. The summed E-state index contributed by atoms with van der Waals surface area (Å²) in [6, 6.07) is 4.25. The van der Waals surface area contributed by atoms with Crippen molar-refractivity contribution in [1.82, 2.24) is 10.2 Å². The fourth-order valence-corrected chi connectivity index (χ4v) is 2.55. The van der Waals surface area contributed by atoms with Crippen molar-refractivity contribution < 1.29 is 0 Å². The number of rotatable bonds is 5. The fraction of sp³-hybridized carbons (Fsp3) is 0.636. The van der Waals surface area contributed by atoms with Crippen LogP contribution in [0.3, 0.4) is 0 Å². The van der Waals surface area contributed by atoms with Gasteiger partial charge in [0.2, 0.25) is 0 Å². The first kappa shape index (κ1) is 13.2. The largest absolute Gasteiger partial charge is 0.310 e. The van der Waals surface area contributed by atoms with Crippen molar-refractivity contribution in [2.75, 3.05) is 20.6 Å². The molecule has 86 valence electrons. The van der Waals surface area contributed by atoms with Crippen LogP contribution in [0.1, 0.15) is 18.7 Å². The van der Waals surface area contributed by atoms with E-state index in [2.05, 4.69) is 66.2 Å². The molecular weight excluding hydrogens is 272 g/mol. The first-order chi connectivity index (χ1) is 6.92. The van der Waals surface area contributed by atoms with Crippen LogP contribution in [0.5, 0.6) is 0 Å². The van der Waals surface area contributed by atoms with Gasteiger partial charge < -0.3 is 10.2 Å². The molecule has 1 N–H and O–H groups in total. The molecule has 2 nitrogen and oxygen atoms in total. The van der Waals surface area contributed by atoms with Gasteiger partial charge in [0, 0.05) is 23.5 Å². The summed E-state index contributed by atoms with van der Waals surface area (Å²) in [5.41, 5.74) is 0.203. The van der Waals surface area contributed by atoms with Gasteiger partial charge in [0.05, 0.1) is 3.79 Å². The fourth-order valence-electron chi connectivity index (χ4n) is 1.10. The van der Waals surface area contributed by atoms with Gasteiger partial charge in [0.1, 0.15) is 0 Å². The molecule has 0 aliphatic heterocycles. The highest BCUT2D eigenvalue weighted by atomic mass is 79.9. The van der Waals surface area contributed by atoms with Crippen molar-refractivity contribution in [3.05, 3.63) is 20.8 Å². The van der Waals surface area contributed by atoms with Crippen molar-refractivity contribution in [2.24, 2.45) is 0 Å². The van der Waals surface area contributed by atoms with Gasteiger partial charge in [-0.05, 0) is 56.0 Å². The van der Waals surface area contributed by atoms with Crippen molar-refractivity contribution >= 4 is 27.3 Å². The zero-order valence-corrected chi connectivity index (χ0v) is 12.2. The molecule has 4 heteroatoms. The molecule has 0 saturated heterocycles. The Morgan fingerprint density at radius 2 is 2.07 bits per heavy atom. The standard InChI is InChI=1S/C11H19BrN2S/c1-11(2,14(3)4)8-13-7-9-5-6-10(12)15-9/h5-6,13H,7-8H2,1-4H3. The van der Waals surface area contributed by atoms with E-state index in [1.807, 2.05) is 0 Å². The van der Waals surface area contributed by atoms with Crippen LogP contribution in [0.2, 0.25) is 0 Å². The van der Waals surface area contributed by atoms with Crippen LogP contribution >= 0.6 is 27.3 Å². The number of likely N-dealkylation sites (N-methyl/N-ethyl adjacent to an activating group) is 1.